The molecular weight excluding hydrogens is 294 g/mol. The quantitative estimate of drug-likeness (QED) is 0.759. The van der Waals surface area contributed by atoms with E-state index in [1.54, 1.807) is 4.31 Å². The first-order valence-corrected chi connectivity index (χ1v) is 9.59. The van der Waals surface area contributed by atoms with Crippen LogP contribution in [-0.2, 0) is 10.0 Å². The minimum atomic E-state index is -3.12. The number of carbonyl (C=O) groups is 1. The molecule has 1 aliphatic rings. The van der Waals surface area contributed by atoms with Gasteiger partial charge in [0.2, 0.25) is 10.0 Å². The van der Waals surface area contributed by atoms with Gasteiger partial charge in [0.05, 0.1) is 10.6 Å². The molecule has 20 heavy (non-hydrogen) atoms. The summed E-state index contributed by atoms with van der Waals surface area (Å²) in [6.07, 6.45) is 2.87. The van der Waals surface area contributed by atoms with Gasteiger partial charge in [-0.3, -0.25) is 4.79 Å². The van der Waals surface area contributed by atoms with E-state index in [4.69, 9.17) is 0 Å². The van der Waals surface area contributed by atoms with Crippen LogP contribution < -0.4 is 0 Å². The molecule has 0 aromatic carbocycles. The second kappa shape index (κ2) is 6.83. The third-order valence-corrected chi connectivity index (χ3v) is 6.58. The Balaban J connectivity index is 1.91. The van der Waals surface area contributed by atoms with Crippen LogP contribution in [-0.4, -0.2) is 37.3 Å². The Morgan fingerprint density at radius 2 is 2.10 bits per heavy atom. The van der Waals surface area contributed by atoms with E-state index < -0.39 is 10.0 Å². The average Bonchev–Trinajstić information content (AvgIpc) is 2.99. The zero-order valence-corrected chi connectivity index (χ0v) is 13.4. The van der Waals surface area contributed by atoms with Gasteiger partial charge in [-0.25, -0.2) is 12.7 Å². The second-order valence-electron chi connectivity index (χ2n) is 5.18. The van der Waals surface area contributed by atoms with Crippen molar-refractivity contribution in [2.24, 2.45) is 5.92 Å². The van der Waals surface area contributed by atoms with Gasteiger partial charge >= 0.3 is 0 Å². The van der Waals surface area contributed by atoms with E-state index in [1.165, 1.54) is 11.3 Å². The normalized spacial score (nSPS) is 18.2. The first kappa shape index (κ1) is 15.7. The fourth-order valence-corrected chi connectivity index (χ4v) is 4.89. The lowest BCUT2D eigenvalue weighted by Gasteiger charge is -2.30. The fraction of sp³-hybridized carbons (Fsp3) is 0.643. The molecule has 1 saturated heterocycles. The van der Waals surface area contributed by atoms with E-state index in [2.05, 4.69) is 0 Å². The monoisotopic (exact) mass is 315 g/mol. The Morgan fingerprint density at radius 1 is 1.40 bits per heavy atom. The van der Waals surface area contributed by atoms with Crippen LogP contribution >= 0.6 is 11.3 Å². The van der Waals surface area contributed by atoms with Crippen molar-refractivity contribution in [3.05, 3.63) is 22.4 Å². The summed E-state index contributed by atoms with van der Waals surface area (Å²) >= 11 is 1.46. The molecule has 1 aromatic heterocycles. The van der Waals surface area contributed by atoms with Crippen molar-refractivity contribution in [1.82, 2.24) is 4.31 Å². The van der Waals surface area contributed by atoms with Crippen molar-refractivity contribution in [3.8, 4) is 0 Å². The summed E-state index contributed by atoms with van der Waals surface area (Å²) in [7, 11) is -3.12. The highest BCUT2D eigenvalue weighted by molar-refractivity contribution is 7.89. The molecule has 1 aromatic rings. The molecule has 0 atom stereocenters. The van der Waals surface area contributed by atoms with Gasteiger partial charge in [-0.15, -0.1) is 11.3 Å². The summed E-state index contributed by atoms with van der Waals surface area (Å²) in [5.74, 6) is 0.379. The van der Waals surface area contributed by atoms with Crippen LogP contribution in [0.4, 0.5) is 0 Å². The summed E-state index contributed by atoms with van der Waals surface area (Å²) in [4.78, 5) is 13.0. The van der Waals surface area contributed by atoms with Gasteiger partial charge in [0, 0.05) is 19.0 Å². The SMILES string of the molecule is CCCCS(=O)(=O)N1CCC(C(=O)c2cccs2)CC1. The molecule has 1 aliphatic heterocycles. The van der Waals surface area contributed by atoms with E-state index in [-0.39, 0.29) is 17.5 Å². The minimum Gasteiger partial charge on any atom is -0.293 e. The number of thiophene rings is 1. The summed E-state index contributed by atoms with van der Waals surface area (Å²) in [5, 5.41) is 1.90. The Labute approximate surface area is 124 Å². The van der Waals surface area contributed by atoms with Crippen LogP contribution in [0.3, 0.4) is 0 Å². The lowest BCUT2D eigenvalue weighted by Crippen LogP contribution is -2.41. The molecule has 2 heterocycles. The topological polar surface area (TPSA) is 54.5 Å². The maximum absolute atomic E-state index is 12.2. The van der Waals surface area contributed by atoms with Crippen LogP contribution in [0.2, 0.25) is 0 Å². The molecule has 1 fully saturated rings. The van der Waals surface area contributed by atoms with E-state index in [0.717, 1.165) is 11.3 Å². The molecule has 0 saturated carbocycles. The standard InChI is InChI=1S/C14H21NO3S2/c1-2-3-11-20(17,18)15-8-6-12(7-9-15)14(16)13-5-4-10-19-13/h4-5,10,12H,2-3,6-9,11H2,1H3. The first-order chi connectivity index (χ1) is 9.54. The molecule has 112 valence electrons. The molecule has 4 nitrogen and oxygen atoms in total. The maximum Gasteiger partial charge on any atom is 0.214 e. The van der Waals surface area contributed by atoms with Crippen molar-refractivity contribution in [2.75, 3.05) is 18.8 Å². The van der Waals surface area contributed by atoms with Crippen molar-refractivity contribution < 1.29 is 13.2 Å². The Hall–Kier alpha value is -0.720. The summed E-state index contributed by atoms with van der Waals surface area (Å²) < 4.78 is 25.7. The molecule has 0 aliphatic carbocycles. The van der Waals surface area contributed by atoms with Crippen molar-refractivity contribution in [1.29, 1.82) is 0 Å². The van der Waals surface area contributed by atoms with Gasteiger partial charge in [0.1, 0.15) is 0 Å². The van der Waals surface area contributed by atoms with E-state index in [9.17, 15) is 13.2 Å². The Bertz CT molecular complexity index is 529. The highest BCUT2D eigenvalue weighted by Crippen LogP contribution is 2.25. The molecule has 0 spiro atoms. The molecule has 0 radical (unpaired) electrons. The maximum atomic E-state index is 12.2. The summed E-state index contributed by atoms with van der Waals surface area (Å²) in [6, 6.07) is 3.72. The predicted molar refractivity (Wildman–Crippen MR) is 81.6 cm³/mol. The van der Waals surface area contributed by atoms with Gasteiger partial charge in [0.15, 0.2) is 5.78 Å². The van der Waals surface area contributed by atoms with Gasteiger partial charge in [0.25, 0.3) is 0 Å². The highest BCUT2D eigenvalue weighted by atomic mass is 32.2. The number of hydrogen-bond acceptors (Lipinski definition) is 4. The lowest BCUT2D eigenvalue weighted by molar-refractivity contribution is 0.0879. The van der Waals surface area contributed by atoms with Gasteiger partial charge in [-0.05, 0) is 30.7 Å². The zero-order valence-electron chi connectivity index (χ0n) is 11.7. The second-order valence-corrected chi connectivity index (χ2v) is 8.22. The van der Waals surface area contributed by atoms with Crippen LogP contribution in [0, 0.1) is 5.92 Å². The smallest absolute Gasteiger partial charge is 0.214 e. The van der Waals surface area contributed by atoms with Crippen molar-refractivity contribution >= 4 is 27.1 Å². The van der Waals surface area contributed by atoms with E-state index >= 15 is 0 Å². The molecule has 0 N–H and O–H groups in total. The first-order valence-electron chi connectivity index (χ1n) is 7.10. The number of Topliss-reactive ketones (excluding diaryl/α,β-unsaturated/α-hetero) is 1. The van der Waals surface area contributed by atoms with Crippen LogP contribution in [0.5, 0.6) is 0 Å². The molecule has 6 heteroatoms. The zero-order chi connectivity index (χ0) is 14.6. The third-order valence-electron chi connectivity index (χ3n) is 3.74. The number of piperidine rings is 1. The largest absolute Gasteiger partial charge is 0.293 e. The van der Waals surface area contributed by atoms with E-state index in [0.29, 0.717) is 32.4 Å². The van der Waals surface area contributed by atoms with Crippen molar-refractivity contribution in [3.63, 3.8) is 0 Å². The number of nitrogens with zero attached hydrogens (tertiary/aromatic N) is 1. The predicted octanol–water partition coefficient (Wildman–Crippen LogP) is 2.77. The van der Waals surface area contributed by atoms with Crippen LogP contribution in [0.25, 0.3) is 0 Å². The molecule has 2 rings (SSSR count). The minimum absolute atomic E-state index is 0.0220. The summed E-state index contributed by atoms with van der Waals surface area (Å²) in [5.41, 5.74) is 0. The Morgan fingerprint density at radius 3 is 2.65 bits per heavy atom. The highest BCUT2D eigenvalue weighted by Gasteiger charge is 2.31. The fourth-order valence-electron chi connectivity index (χ4n) is 2.47. The van der Waals surface area contributed by atoms with Crippen LogP contribution in [0.1, 0.15) is 42.3 Å². The average molecular weight is 315 g/mol. The van der Waals surface area contributed by atoms with Crippen molar-refractivity contribution in [2.45, 2.75) is 32.6 Å². The number of unbranched alkanes of at least 4 members (excludes halogenated alkanes) is 1. The number of ketones is 1. The van der Waals surface area contributed by atoms with Gasteiger partial charge < -0.3 is 0 Å². The molecule has 0 amide bonds. The molecule has 0 unspecified atom stereocenters. The summed E-state index contributed by atoms with van der Waals surface area (Å²) in [6.45, 7) is 2.95. The van der Waals surface area contributed by atoms with Gasteiger partial charge in [-0.1, -0.05) is 19.4 Å². The van der Waals surface area contributed by atoms with Crippen LogP contribution in [0.15, 0.2) is 17.5 Å². The molecule has 0 bridgehead atoms. The lowest BCUT2D eigenvalue weighted by atomic mass is 9.93. The number of carbonyl (C=O) groups excluding carboxylic acids is 1. The number of rotatable bonds is 6. The Kier molecular flexibility index (Phi) is 5.35. The van der Waals surface area contributed by atoms with E-state index in [1.807, 2.05) is 24.4 Å². The number of sulfonamides is 1. The molecular formula is C14H21NO3S2. The number of hydrogen-bond donors (Lipinski definition) is 0. The van der Waals surface area contributed by atoms with Gasteiger partial charge in [-0.2, -0.15) is 0 Å². The third kappa shape index (κ3) is 3.68.